The Kier molecular flexibility index (Phi) is 6.80. The molecule has 0 bridgehead atoms. The standard InChI is InChI=1S/C17H24N6O.C2HF3O2/c1-21-13-18-9-15(21)10-23-7-4-17(12-23)8-14(11-24-17)22(2)16-19-5-3-6-20-16;3-2(4,5)1(6)7/h3,5-6,9,13-14H,4,7-8,10-12H2,1-2H3;(H,6,7). The van der Waals surface area contributed by atoms with E-state index in [-0.39, 0.29) is 5.60 Å². The molecular weight excluding hydrogens is 417 g/mol. The van der Waals surface area contributed by atoms with Crippen LogP contribution in [0.1, 0.15) is 18.5 Å². The summed E-state index contributed by atoms with van der Waals surface area (Å²) >= 11 is 0. The smallest absolute Gasteiger partial charge is 0.475 e. The molecule has 4 heterocycles. The van der Waals surface area contributed by atoms with E-state index in [0.29, 0.717) is 6.04 Å². The van der Waals surface area contributed by atoms with Crippen LogP contribution in [-0.2, 0) is 23.1 Å². The number of carboxylic acids is 1. The number of aliphatic carboxylic acids is 1. The van der Waals surface area contributed by atoms with Crippen LogP contribution in [0.15, 0.2) is 31.0 Å². The van der Waals surface area contributed by atoms with E-state index < -0.39 is 12.1 Å². The molecule has 12 heteroatoms. The SMILES string of the molecule is CN(c1ncccn1)C1COC2(CCN(Cc3cncn3C)C2)C1.O=C(O)C(F)(F)F. The van der Waals surface area contributed by atoms with Gasteiger partial charge in [0.25, 0.3) is 0 Å². The molecule has 31 heavy (non-hydrogen) atoms. The minimum atomic E-state index is -5.08. The third kappa shape index (κ3) is 5.70. The molecule has 2 aliphatic rings. The van der Waals surface area contributed by atoms with E-state index in [4.69, 9.17) is 14.6 Å². The first-order valence-corrected chi connectivity index (χ1v) is 9.71. The van der Waals surface area contributed by atoms with E-state index in [9.17, 15) is 13.2 Å². The van der Waals surface area contributed by atoms with Gasteiger partial charge in [-0.1, -0.05) is 0 Å². The number of aryl methyl sites for hydroxylation is 1. The van der Waals surface area contributed by atoms with Crippen LogP contribution in [0.25, 0.3) is 0 Å². The van der Waals surface area contributed by atoms with Crippen molar-refractivity contribution in [3.8, 4) is 0 Å². The molecule has 2 unspecified atom stereocenters. The van der Waals surface area contributed by atoms with Crippen LogP contribution in [0.3, 0.4) is 0 Å². The molecule has 4 rings (SSSR count). The Balaban J connectivity index is 0.000000339. The van der Waals surface area contributed by atoms with Crippen molar-refractivity contribution in [2.75, 3.05) is 31.6 Å². The fraction of sp³-hybridized carbons (Fsp3) is 0.579. The van der Waals surface area contributed by atoms with Crippen molar-refractivity contribution < 1.29 is 27.8 Å². The van der Waals surface area contributed by atoms with Crippen LogP contribution in [0.5, 0.6) is 0 Å². The van der Waals surface area contributed by atoms with Gasteiger partial charge in [0.2, 0.25) is 5.95 Å². The van der Waals surface area contributed by atoms with E-state index in [0.717, 1.165) is 45.0 Å². The number of carboxylic acid groups (broad SMARTS) is 1. The Hall–Kier alpha value is -2.73. The van der Waals surface area contributed by atoms with Crippen molar-refractivity contribution >= 4 is 11.9 Å². The number of aromatic nitrogens is 4. The van der Waals surface area contributed by atoms with Gasteiger partial charge in [0.1, 0.15) is 0 Å². The van der Waals surface area contributed by atoms with Crippen molar-refractivity contribution in [1.29, 1.82) is 0 Å². The number of rotatable bonds is 4. The highest BCUT2D eigenvalue weighted by Gasteiger charge is 2.46. The van der Waals surface area contributed by atoms with E-state index in [1.54, 1.807) is 12.4 Å². The summed E-state index contributed by atoms with van der Waals surface area (Å²) in [4.78, 5) is 26.4. The van der Waals surface area contributed by atoms with Crippen molar-refractivity contribution in [1.82, 2.24) is 24.4 Å². The van der Waals surface area contributed by atoms with Gasteiger partial charge < -0.3 is 19.3 Å². The molecular formula is C19H25F3N6O3. The second-order valence-electron chi connectivity index (χ2n) is 7.77. The quantitative estimate of drug-likeness (QED) is 0.765. The predicted octanol–water partition coefficient (Wildman–Crippen LogP) is 1.71. The van der Waals surface area contributed by atoms with Crippen LogP contribution in [0.4, 0.5) is 19.1 Å². The Morgan fingerprint density at radius 2 is 2.06 bits per heavy atom. The number of nitrogens with zero attached hydrogens (tertiary/aromatic N) is 6. The summed E-state index contributed by atoms with van der Waals surface area (Å²) in [7, 11) is 4.11. The van der Waals surface area contributed by atoms with E-state index in [1.807, 2.05) is 25.6 Å². The number of halogens is 3. The number of ether oxygens (including phenoxy) is 1. The normalized spacial score (nSPS) is 23.6. The number of likely N-dealkylation sites (N-methyl/N-ethyl adjacent to an activating group) is 1. The van der Waals surface area contributed by atoms with Crippen LogP contribution in [0, 0.1) is 0 Å². The maximum atomic E-state index is 10.6. The lowest BCUT2D eigenvalue weighted by molar-refractivity contribution is -0.192. The molecule has 0 saturated carbocycles. The van der Waals surface area contributed by atoms with Gasteiger partial charge in [-0.2, -0.15) is 13.2 Å². The van der Waals surface area contributed by atoms with Crippen molar-refractivity contribution in [2.24, 2.45) is 7.05 Å². The monoisotopic (exact) mass is 442 g/mol. The topological polar surface area (TPSA) is 96.6 Å². The van der Waals surface area contributed by atoms with Crippen molar-refractivity contribution in [3.63, 3.8) is 0 Å². The number of anilines is 1. The molecule has 1 N–H and O–H groups in total. The Morgan fingerprint density at radius 3 is 2.65 bits per heavy atom. The van der Waals surface area contributed by atoms with E-state index >= 15 is 0 Å². The lowest BCUT2D eigenvalue weighted by Gasteiger charge is -2.26. The van der Waals surface area contributed by atoms with Gasteiger partial charge >= 0.3 is 12.1 Å². The van der Waals surface area contributed by atoms with Crippen LogP contribution in [-0.4, -0.2) is 80.1 Å². The van der Waals surface area contributed by atoms with Crippen LogP contribution >= 0.6 is 0 Å². The first kappa shape index (κ1) is 22.9. The average molecular weight is 442 g/mol. The highest BCUT2D eigenvalue weighted by Crippen LogP contribution is 2.37. The average Bonchev–Trinajstić information content (AvgIpc) is 3.44. The largest absolute Gasteiger partial charge is 0.490 e. The summed E-state index contributed by atoms with van der Waals surface area (Å²) < 4.78 is 40.1. The fourth-order valence-electron chi connectivity index (χ4n) is 3.82. The zero-order valence-electron chi connectivity index (χ0n) is 17.3. The molecule has 9 nitrogen and oxygen atoms in total. The third-order valence-corrected chi connectivity index (χ3v) is 5.54. The zero-order chi connectivity index (χ0) is 22.6. The maximum Gasteiger partial charge on any atom is 0.490 e. The molecule has 0 amide bonds. The number of imidazole rings is 1. The molecule has 2 saturated heterocycles. The number of hydrogen-bond acceptors (Lipinski definition) is 7. The van der Waals surface area contributed by atoms with Crippen molar-refractivity contribution in [2.45, 2.75) is 37.2 Å². The first-order chi connectivity index (χ1) is 14.6. The van der Waals surface area contributed by atoms with E-state index in [2.05, 4.69) is 36.4 Å². The first-order valence-electron chi connectivity index (χ1n) is 9.71. The number of hydrogen-bond donors (Lipinski definition) is 1. The Morgan fingerprint density at radius 1 is 1.39 bits per heavy atom. The summed E-state index contributed by atoms with van der Waals surface area (Å²) in [6, 6.07) is 2.18. The minimum absolute atomic E-state index is 0.0215. The summed E-state index contributed by atoms with van der Waals surface area (Å²) in [6.07, 6.45) is 4.42. The second-order valence-corrected chi connectivity index (χ2v) is 7.77. The maximum absolute atomic E-state index is 10.6. The lowest BCUT2D eigenvalue weighted by atomic mass is 9.97. The zero-order valence-corrected chi connectivity index (χ0v) is 17.3. The van der Waals surface area contributed by atoms with Gasteiger partial charge in [0, 0.05) is 58.7 Å². The summed E-state index contributed by atoms with van der Waals surface area (Å²) in [5.41, 5.74) is 1.23. The Bertz CT molecular complexity index is 878. The van der Waals surface area contributed by atoms with Gasteiger partial charge in [-0.3, -0.25) is 4.90 Å². The molecule has 0 aromatic carbocycles. The molecule has 2 atom stereocenters. The molecule has 1 spiro atoms. The van der Waals surface area contributed by atoms with Gasteiger partial charge in [0.05, 0.1) is 30.3 Å². The third-order valence-electron chi connectivity index (χ3n) is 5.54. The van der Waals surface area contributed by atoms with Gasteiger partial charge in [-0.05, 0) is 12.5 Å². The summed E-state index contributed by atoms with van der Waals surface area (Å²) in [5, 5.41) is 7.12. The number of likely N-dealkylation sites (tertiary alicyclic amines) is 1. The van der Waals surface area contributed by atoms with Crippen LogP contribution in [0.2, 0.25) is 0 Å². The van der Waals surface area contributed by atoms with Gasteiger partial charge in [-0.25, -0.2) is 19.7 Å². The highest BCUT2D eigenvalue weighted by atomic mass is 19.4. The van der Waals surface area contributed by atoms with E-state index in [1.165, 1.54) is 5.69 Å². The Labute approximate surface area is 177 Å². The van der Waals surface area contributed by atoms with Crippen LogP contribution < -0.4 is 4.90 Å². The summed E-state index contributed by atoms with van der Waals surface area (Å²) in [6.45, 7) is 3.74. The molecule has 2 aliphatic heterocycles. The molecule has 170 valence electrons. The molecule has 0 aliphatic carbocycles. The number of alkyl halides is 3. The van der Waals surface area contributed by atoms with Crippen molar-refractivity contribution in [3.05, 3.63) is 36.7 Å². The van der Waals surface area contributed by atoms with Gasteiger partial charge in [-0.15, -0.1) is 0 Å². The molecule has 2 aromatic heterocycles. The minimum Gasteiger partial charge on any atom is -0.475 e. The number of carbonyl (C=O) groups is 1. The predicted molar refractivity (Wildman–Crippen MR) is 104 cm³/mol. The second kappa shape index (κ2) is 9.18. The molecule has 0 radical (unpaired) electrons. The molecule has 2 fully saturated rings. The lowest BCUT2D eigenvalue weighted by Crippen LogP contribution is -2.36. The summed E-state index contributed by atoms with van der Waals surface area (Å²) in [5.74, 6) is -1.99. The van der Waals surface area contributed by atoms with Gasteiger partial charge in [0.15, 0.2) is 0 Å². The fourth-order valence-corrected chi connectivity index (χ4v) is 3.82. The molecule has 2 aromatic rings. The highest BCUT2D eigenvalue weighted by molar-refractivity contribution is 5.73.